The second-order valence-electron chi connectivity index (χ2n) is 4.32. The Kier molecular flexibility index (Phi) is 2.54. The van der Waals surface area contributed by atoms with E-state index >= 15 is 0 Å². The van der Waals surface area contributed by atoms with Crippen LogP contribution in [0.1, 0.15) is 32.1 Å². The maximum atomic E-state index is 11.7. The fourth-order valence-electron chi connectivity index (χ4n) is 1.99. The molecule has 2 aliphatic rings. The number of hydrogen-bond acceptors (Lipinski definition) is 2. The molecule has 2 N–H and O–H groups in total. The van der Waals surface area contributed by atoms with Crippen molar-refractivity contribution in [3.8, 4) is 0 Å². The molecule has 1 unspecified atom stereocenters. The Morgan fingerprint density at radius 2 is 2.00 bits per heavy atom. The Hall–Kier alpha value is -0.570. The summed E-state index contributed by atoms with van der Waals surface area (Å²) in [5.74, 6) is 0.936. The minimum absolute atomic E-state index is 0.185. The molecule has 1 aliphatic heterocycles. The van der Waals surface area contributed by atoms with E-state index in [2.05, 4.69) is 0 Å². The SMILES string of the molecule is NC(CC1CC1)C(=O)N1CCCC1. The van der Waals surface area contributed by atoms with Gasteiger partial charge >= 0.3 is 0 Å². The van der Waals surface area contributed by atoms with Gasteiger partial charge in [0.2, 0.25) is 5.91 Å². The van der Waals surface area contributed by atoms with Gasteiger partial charge in [0.05, 0.1) is 6.04 Å². The molecule has 1 heterocycles. The molecular weight excluding hydrogens is 164 g/mol. The van der Waals surface area contributed by atoms with Crippen LogP contribution in [0.5, 0.6) is 0 Å². The van der Waals surface area contributed by atoms with Gasteiger partial charge in [-0.2, -0.15) is 0 Å². The van der Waals surface area contributed by atoms with Gasteiger partial charge in [-0.1, -0.05) is 12.8 Å². The second-order valence-corrected chi connectivity index (χ2v) is 4.32. The van der Waals surface area contributed by atoms with Crippen LogP contribution in [0.15, 0.2) is 0 Å². The summed E-state index contributed by atoms with van der Waals surface area (Å²) < 4.78 is 0. The molecule has 0 radical (unpaired) electrons. The molecule has 2 fully saturated rings. The number of carbonyl (C=O) groups is 1. The number of rotatable bonds is 3. The average Bonchev–Trinajstić information content (AvgIpc) is 2.78. The van der Waals surface area contributed by atoms with Crippen LogP contribution < -0.4 is 5.73 Å². The lowest BCUT2D eigenvalue weighted by Gasteiger charge is -2.19. The summed E-state index contributed by atoms with van der Waals surface area (Å²) >= 11 is 0. The smallest absolute Gasteiger partial charge is 0.239 e. The number of amides is 1. The van der Waals surface area contributed by atoms with E-state index in [9.17, 15) is 4.79 Å². The van der Waals surface area contributed by atoms with E-state index < -0.39 is 0 Å². The predicted molar refractivity (Wildman–Crippen MR) is 51.1 cm³/mol. The van der Waals surface area contributed by atoms with Crippen LogP contribution in [0, 0.1) is 5.92 Å². The number of likely N-dealkylation sites (tertiary alicyclic amines) is 1. The number of nitrogens with zero attached hydrogens (tertiary/aromatic N) is 1. The van der Waals surface area contributed by atoms with Crippen molar-refractivity contribution in [2.75, 3.05) is 13.1 Å². The molecule has 0 aromatic carbocycles. The quantitative estimate of drug-likeness (QED) is 0.699. The molecular formula is C10H18N2O. The normalized spacial score (nSPS) is 24.8. The van der Waals surface area contributed by atoms with Crippen molar-refractivity contribution in [1.29, 1.82) is 0 Å². The predicted octanol–water partition coefficient (Wildman–Crippen LogP) is 0.736. The number of hydrogen-bond donors (Lipinski definition) is 1. The molecule has 13 heavy (non-hydrogen) atoms. The van der Waals surface area contributed by atoms with Gasteiger partial charge in [-0.3, -0.25) is 4.79 Å². The van der Waals surface area contributed by atoms with Crippen LogP contribution in [0.2, 0.25) is 0 Å². The van der Waals surface area contributed by atoms with E-state index in [1.54, 1.807) is 0 Å². The van der Waals surface area contributed by atoms with E-state index in [4.69, 9.17) is 5.73 Å². The first-order chi connectivity index (χ1) is 6.27. The second kappa shape index (κ2) is 3.66. The van der Waals surface area contributed by atoms with E-state index in [0.29, 0.717) is 0 Å². The third-order valence-electron chi connectivity index (χ3n) is 3.02. The Bertz CT molecular complexity index is 195. The van der Waals surface area contributed by atoms with E-state index in [-0.39, 0.29) is 11.9 Å². The highest BCUT2D eigenvalue weighted by Crippen LogP contribution is 2.33. The van der Waals surface area contributed by atoms with Crippen LogP contribution in [-0.4, -0.2) is 29.9 Å². The Morgan fingerprint density at radius 3 is 2.54 bits per heavy atom. The summed E-state index contributed by atoms with van der Waals surface area (Å²) in [6.07, 6.45) is 5.78. The van der Waals surface area contributed by atoms with Crippen LogP contribution in [0.4, 0.5) is 0 Å². The average molecular weight is 182 g/mol. The van der Waals surface area contributed by atoms with Crippen molar-refractivity contribution in [2.24, 2.45) is 11.7 Å². The molecule has 1 amide bonds. The van der Waals surface area contributed by atoms with Crippen molar-refractivity contribution >= 4 is 5.91 Å². The van der Waals surface area contributed by atoms with Crippen molar-refractivity contribution in [2.45, 2.75) is 38.1 Å². The van der Waals surface area contributed by atoms with E-state index in [0.717, 1.165) is 38.3 Å². The zero-order chi connectivity index (χ0) is 9.26. The minimum Gasteiger partial charge on any atom is -0.341 e. The van der Waals surface area contributed by atoms with Crippen molar-refractivity contribution < 1.29 is 4.79 Å². The highest BCUT2D eigenvalue weighted by molar-refractivity contribution is 5.81. The lowest BCUT2D eigenvalue weighted by atomic mass is 10.1. The Balaban J connectivity index is 1.79. The van der Waals surface area contributed by atoms with E-state index in [1.807, 2.05) is 4.90 Å². The Morgan fingerprint density at radius 1 is 1.38 bits per heavy atom. The van der Waals surface area contributed by atoms with Gasteiger partial charge in [0.25, 0.3) is 0 Å². The molecule has 1 aliphatic carbocycles. The first kappa shape index (κ1) is 9.00. The lowest BCUT2D eigenvalue weighted by molar-refractivity contribution is -0.131. The summed E-state index contributed by atoms with van der Waals surface area (Å²) in [6.45, 7) is 1.86. The van der Waals surface area contributed by atoms with Gasteiger partial charge in [0.1, 0.15) is 0 Å². The summed E-state index contributed by atoms with van der Waals surface area (Å²) in [5.41, 5.74) is 5.85. The van der Waals surface area contributed by atoms with Gasteiger partial charge in [-0.25, -0.2) is 0 Å². The molecule has 2 rings (SSSR count). The molecule has 1 saturated heterocycles. The first-order valence-corrected chi connectivity index (χ1v) is 5.32. The van der Waals surface area contributed by atoms with Gasteiger partial charge in [0, 0.05) is 13.1 Å². The van der Waals surface area contributed by atoms with Gasteiger partial charge < -0.3 is 10.6 Å². The lowest BCUT2D eigenvalue weighted by Crippen LogP contribution is -2.42. The molecule has 1 atom stereocenters. The standard InChI is InChI=1S/C10H18N2O/c11-9(7-8-3-4-8)10(13)12-5-1-2-6-12/h8-9H,1-7,11H2. The molecule has 3 nitrogen and oxygen atoms in total. The van der Waals surface area contributed by atoms with Gasteiger partial charge in [-0.15, -0.1) is 0 Å². The van der Waals surface area contributed by atoms with Gasteiger partial charge in [0.15, 0.2) is 0 Å². The van der Waals surface area contributed by atoms with Crippen LogP contribution >= 0.6 is 0 Å². The van der Waals surface area contributed by atoms with E-state index in [1.165, 1.54) is 12.8 Å². The summed E-state index contributed by atoms with van der Waals surface area (Å²) in [7, 11) is 0. The number of nitrogens with two attached hydrogens (primary N) is 1. The Labute approximate surface area is 79.3 Å². The highest BCUT2D eigenvalue weighted by Gasteiger charge is 2.30. The summed E-state index contributed by atoms with van der Waals surface area (Å²) in [4.78, 5) is 13.6. The third kappa shape index (κ3) is 2.21. The van der Waals surface area contributed by atoms with Crippen LogP contribution in [-0.2, 0) is 4.79 Å². The maximum absolute atomic E-state index is 11.7. The van der Waals surface area contributed by atoms with Gasteiger partial charge in [-0.05, 0) is 25.2 Å². The molecule has 0 aromatic rings. The summed E-state index contributed by atoms with van der Waals surface area (Å²) in [5, 5.41) is 0. The zero-order valence-electron chi connectivity index (χ0n) is 8.04. The first-order valence-electron chi connectivity index (χ1n) is 5.32. The van der Waals surface area contributed by atoms with Crippen molar-refractivity contribution in [1.82, 2.24) is 4.90 Å². The molecule has 0 aromatic heterocycles. The molecule has 0 bridgehead atoms. The largest absolute Gasteiger partial charge is 0.341 e. The molecule has 74 valence electrons. The fourth-order valence-corrected chi connectivity index (χ4v) is 1.99. The summed E-state index contributed by atoms with van der Waals surface area (Å²) in [6, 6.07) is -0.217. The monoisotopic (exact) mass is 182 g/mol. The van der Waals surface area contributed by atoms with Crippen LogP contribution in [0.25, 0.3) is 0 Å². The minimum atomic E-state index is -0.217. The fraction of sp³-hybridized carbons (Fsp3) is 0.900. The van der Waals surface area contributed by atoms with Crippen LogP contribution in [0.3, 0.4) is 0 Å². The third-order valence-corrected chi connectivity index (χ3v) is 3.02. The maximum Gasteiger partial charge on any atom is 0.239 e. The highest BCUT2D eigenvalue weighted by atomic mass is 16.2. The van der Waals surface area contributed by atoms with Crippen molar-refractivity contribution in [3.63, 3.8) is 0 Å². The molecule has 1 saturated carbocycles. The number of carbonyl (C=O) groups excluding carboxylic acids is 1. The molecule has 3 heteroatoms. The van der Waals surface area contributed by atoms with Crippen molar-refractivity contribution in [3.05, 3.63) is 0 Å². The topological polar surface area (TPSA) is 46.3 Å². The molecule has 0 spiro atoms. The zero-order valence-corrected chi connectivity index (χ0v) is 8.04.